The maximum Gasteiger partial charge on any atom is 2.00 e. The Labute approximate surface area is 94.3 Å². The summed E-state index contributed by atoms with van der Waals surface area (Å²) in [5.74, 6) is 2.35. The molecular formula is C9H7BrMg. The van der Waals surface area contributed by atoms with Crippen molar-refractivity contribution in [1.82, 2.24) is 0 Å². The molecule has 0 saturated carbocycles. The van der Waals surface area contributed by atoms with E-state index in [2.05, 4.69) is 5.92 Å². The van der Waals surface area contributed by atoms with Crippen LogP contribution >= 0.6 is 0 Å². The molecule has 0 N–H and O–H groups in total. The summed E-state index contributed by atoms with van der Waals surface area (Å²) in [6.45, 7) is 1.97. The van der Waals surface area contributed by atoms with E-state index in [0.717, 1.165) is 11.1 Å². The van der Waals surface area contributed by atoms with Crippen LogP contribution in [0.2, 0.25) is 0 Å². The van der Waals surface area contributed by atoms with Crippen LogP contribution in [0.4, 0.5) is 0 Å². The average molecular weight is 219 g/mol. The van der Waals surface area contributed by atoms with Crippen LogP contribution < -0.4 is 17.0 Å². The smallest absolute Gasteiger partial charge is 1.00 e. The van der Waals surface area contributed by atoms with E-state index in [1.807, 2.05) is 31.2 Å². The van der Waals surface area contributed by atoms with E-state index in [9.17, 15) is 0 Å². The molecule has 1 rings (SSSR count). The molecule has 0 atom stereocenters. The number of hydrogen-bond acceptors (Lipinski definition) is 0. The minimum Gasteiger partial charge on any atom is -1.00 e. The van der Waals surface area contributed by atoms with Gasteiger partial charge in [0.1, 0.15) is 0 Å². The van der Waals surface area contributed by atoms with Gasteiger partial charge < -0.3 is 23.4 Å². The van der Waals surface area contributed by atoms with Gasteiger partial charge in [-0.05, 0) is 0 Å². The summed E-state index contributed by atoms with van der Waals surface area (Å²) in [5.41, 5.74) is 1.98. The topological polar surface area (TPSA) is 0 Å². The van der Waals surface area contributed by atoms with Crippen LogP contribution in [0.15, 0.2) is 24.3 Å². The fraction of sp³-hybridized carbons (Fsp3) is 0.111. The molecule has 0 heterocycles. The molecule has 52 valence electrons. The van der Waals surface area contributed by atoms with Gasteiger partial charge in [0, 0.05) is 0 Å². The fourth-order valence-corrected chi connectivity index (χ4v) is 0.713. The zero-order valence-electron chi connectivity index (χ0n) is 6.39. The van der Waals surface area contributed by atoms with Crippen LogP contribution in [-0.4, -0.2) is 23.1 Å². The van der Waals surface area contributed by atoms with Crippen molar-refractivity contribution in [3.05, 3.63) is 41.8 Å². The van der Waals surface area contributed by atoms with Crippen molar-refractivity contribution < 1.29 is 17.0 Å². The summed E-state index contributed by atoms with van der Waals surface area (Å²) in [4.78, 5) is 0. The first-order valence-electron chi connectivity index (χ1n) is 2.83. The van der Waals surface area contributed by atoms with Crippen molar-refractivity contribution in [2.24, 2.45) is 0 Å². The summed E-state index contributed by atoms with van der Waals surface area (Å²) in [6.07, 6.45) is 6.83. The van der Waals surface area contributed by atoms with E-state index in [0.29, 0.717) is 0 Å². The van der Waals surface area contributed by atoms with Crippen molar-refractivity contribution in [3.63, 3.8) is 0 Å². The van der Waals surface area contributed by atoms with Crippen LogP contribution in [0.1, 0.15) is 11.1 Å². The Bertz CT molecular complexity index is 250. The number of benzene rings is 1. The molecule has 0 saturated heterocycles. The average Bonchev–Trinajstić information content (AvgIpc) is 1.89. The molecule has 2 heteroatoms. The van der Waals surface area contributed by atoms with Crippen LogP contribution in [0, 0.1) is 19.3 Å². The molecular weight excluding hydrogens is 212 g/mol. The van der Waals surface area contributed by atoms with Gasteiger partial charge >= 0.3 is 23.1 Å². The zero-order chi connectivity index (χ0) is 6.69. The molecule has 0 nitrogen and oxygen atoms in total. The van der Waals surface area contributed by atoms with Gasteiger partial charge in [-0.25, -0.2) is 0 Å². The predicted octanol–water partition coefficient (Wildman–Crippen LogP) is -1.44. The third kappa shape index (κ3) is 3.81. The molecule has 11 heavy (non-hydrogen) atoms. The van der Waals surface area contributed by atoms with Gasteiger partial charge in [0.2, 0.25) is 0 Å². The van der Waals surface area contributed by atoms with Gasteiger partial charge in [-0.3, -0.25) is 5.92 Å². The van der Waals surface area contributed by atoms with Crippen molar-refractivity contribution in [2.45, 2.75) is 6.92 Å². The van der Waals surface area contributed by atoms with Crippen molar-refractivity contribution in [1.29, 1.82) is 0 Å². The van der Waals surface area contributed by atoms with Crippen molar-refractivity contribution in [3.8, 4) is 5.92 Å². The molecule has 0 amide bonds. The van der Waals surface area contributed by atoms with E-state index in [4.69, 9.17) is 6.42 Å². The van der Waals surface area contributed by atoms with Gasteiger partial charge in [-0.2, -0.15) is 0 Å². The van der Waals surface area contributed by atoms with Crippen molar-refractivity contribution in [2.75, 3.05) is 0 Å². The quantitative estimate of drug-likeness (QED) is 0.285. The second-order valence-electron chi connectivity index (χ2n) is 1.94. The van der Waals surface area contributed by atoms with Gasteiger partial charge in [-0.1, -0.05) is 25.1 Å². The predicted molar refractivity (Wildman–Crippen MR) is 43.2 cm³/mol. The minimum absolute atomic E-state index is 0. The normalized spacial score (nSPS) is 6.91. The number of rotatable bonds is 0. The number of halogens is 1. The minimum atomic E-state index is 0. The van der Waals surface area contributed by atoms with E-state index in [1.54, 1.807) is 0 Å². The summed E-state index contributed by atoms with van der Waals surface area (Å²) in [6, 6.07) is 7.71. The standard InChI is InChI=1S/C9H7.BrH.Mg/c1-3-9-7-5-4-6-8(9)2;;/h4-7H,2H3;1H;/q-1;;+2/p-1. The van der Waals surface area contributed by atoms with Crippen LogP contribution in [0.25, 0.3) is 0 Å². The summed E-state index contributed by atoms with van der Waals surface area (Å²) < 4.78 is 0. The fourth-order valence-electron chi connectivity index (χ4n) is 0.713. The maximum atomic E-state index is 6.83. The van der Waals surface area contributed by atoms with Crippen LogP contribution in [-0.2, 0) is 0 Å². The van der Waals surface area contributed by atoms with E-state index in [1.165, 1.54) is 0 Å². The monoisotopic (exact) mass is 218 g/mol. The van der Waals surface area contributed by atoms with E-state index in [-0.39, 0.29) is 40.0 Å². The van der Waals surface area contributed by atoms with Gasteiger partial charge in [-0.15, -0.1) is 17.2 Å². The third-order valence-corrected chi connectivity index (χ3v) is 1.28. The Balaban J connectivity index is 0. The van der Waals surface area contributed by atoms with Crippen LogP contribution in [0.5, 0.6) is 0 Å². The molecule has 1 aromatic carbocycles. The largest absolute Gasteiger partial charge is 2.00 e. The Morgan fingerprint density at radius 1 is 1.27 bits per heavy atom. The number of hydrogen-bond donors (Lipinski definition) is 0. The van der Waals surface area contributed by atoms with Crippen LogP contribution in [0.3, 0.4) is 0 Å². The van der Waals surface area contributed by atoms with Crippen molar-refractivity contribution >= 4 is 23.1 Å². The molecule has 0 bridgehead atoms. The second-order valence-corrected chi connectivity index (χ2v) is 1.94. The summed E-state index contributed by atoms with van der Waals surface area (Å²) >= 11 is 0. The first-order valence-corrected chi connectivity index (χ1v) is 2.83. The van der Waals surface area contributed by atoms with Gasteiger partial charge in [0.15, 0.2) is 0 Å². The second kappa shape index (κ2) is 6.72. The van der Waals surface area contributed by atoms with E-state index < -0.39 is 0 Å². The van der Waals surface area contributed by atoms with Gasteiger partial charge in [0.25, 0.3) is 0 Å². The third-order valence-electron chi connectivity index (χ3n) is 1.28. The summed E-state index contributed by atoms with van der Waals surface area (Å²) in [5, 5.41) is 0. The SMILES string of the molecule is [Br-].[C-]#Cc1ccccc1C.[Mg+2]. The molecule has 0 aliphatic heterocycles. The molecule has 0 radical (unpaired) electrons. The first-order chi connectivity index (χ1) is 4.34. The molecule has 0 aromatic heterocycles. The van der Waals surface area contributed by atoms with Gasteiger partial charge in [0.05, 0.1) is 0 Å². The Morgan fingerprint density at radius 3 is 2.18 bits per heavy atom. The molecule has 1 aromatic rings. The molecule has 0 aliphatic carbocycles. The molecule has 0 unspecified atom stereocenters. The molecule has 0 spiro atoms. The van der Waals surface area contributed by atoms with E-state index >= 15 is 0 Å². The number of aryl methyl sites for hydroxylation is 1. The molecule has 0 aliphatic rings. The summed E-state index contributed by atoms with van der Waals surface area (Å²) in [7, 11) is 0. The Morgan fingerprint density at radius 2 is 1.82 bits per heavy atom. The Hall–Kier alpha value is 0.0262. The zero-order valence-corrected chi connectivity index (χ0v) is 9.39. The Kier molecular flexibility index (Phi) is 8.31. The maximum absolute atomic E-state index is 6.83. The first kappa shape index (κ1) is 13.6. The molecule has 0 fully saturated rings.